The normalized spacial score (nSPS) is 14.8. The maximum absolute atomic E-state index is 12.2. The monoisotopic (exact) mass is 395 g/mol. The molecule has 0 saturated heterocycles. The van der Waals surface area contributed by atoms with Crippen LogP contribution in [0.4, 0.5) is 0 Å². The molecule has 0 spiro atoms. The van der Waals surface area contributed by atoms with Crippen LogP contribution in [0.1, 0.15) is 53.9 Å². The molecule has 0 radical (unpaired) electrons. The summed E-state index contributed by atoms with van der Waals surface area (Å²) in [5, 5.41) is 1.06. The number of nitrogens with zero attached hydrogens (tertiary/aromatic N) is 1. The molecule has 1 saturated carbocycles. The zero-order chi connectivity index (χ0) is 20.4. The SMILES string of the molecule is COC(=O)Cn1c(-c2ccoc2)c(C2CCCCC2)c2ccc(C(=O)OC)cc21. The number of benzene rings is 1. The van der Waals surface area contributed by atoms with E-state index >= 15 is 0 Å². The number of carbonyl (C=O) groups excluding carboxylic acids is 2. The van der Waals surface area contributed by atoms with Gasteiger partial charge in [0, 0.05) is 10.9 Å². The van der Waals surface area contributed by atoms with E-state index in [1.165, 1.54) is 39.0 Å². The number of methoxy groups -OCH3 is 2. The third-order valence-corrected chi connectivity index (χ3v) is 5.85. The third-order valence-electron chi connectivity index (χ3n) is 5.85. The Morgan fingerprint density at radius 1 is 1.10 bits per heavy atom. The number of carbonyl (C=O) groups is 2. The first-order valence-corrected chi connectivity index (χ1v) is 9.98. The van der Waals surface area contributed by atoms with Gasteiger partial charge in [-0.2, -0.15) is 0 Å². The van der Waals surface area contributed by atoms with E-state index in [0.717, 1.165) is 35.0 Å². The van der Waals surface area contributed by atoms with Crippen molar-refractivity contribution in [3.05, 3.63) is 47.9 Å². The standard InChI is InChI=1S/C23H25NO5/c1-27-20(25)13-24-19-12-16(23(26)28-2)8-9-18(19)21(15-6-4-3-5-7-15)22(24)17-10-11-29-14-17/h8-12,14-15H,3-7,13H2,1-2H3. The molecule has 3 aromatic rings. The van der Waals surface area contributed by atoms with Crippen molar-refractivity contribution < 1.29 is 23.5 Å². The molecule has 6 nitrogen and oxygen atoms in total. The van der Waals surface area contributed by atoms with Crippen molar-refractivity contribution in [1.82, 2.24) is 4.57 Å². The fourth-order valence-corrected chi connectivity index (χ4v) is 4.49. The molecule has 2 heterocycles. The first-order chi connectivity index (χ1) is 14.1. The molecule has 1 aromatic carbocycles. The Bertz CT molecular complexity index is 1030. The molecule has 0 unspecified atom stereocenters. The molecular weight excluding hydrogens is 370 g/mol. The predicted octanol–water partition coefficient (Wildman–Crippen LogP) is 4.91. The Morgan fingerprint density at radius 2 is 1.90 bits per heavy atom. The van der Waals surface area contributed by atoms with E-state index in [9.17, 15) is 9.59 Å². The summed E-state index contributed by atoms with van der Waals surface area (Å²) < 4.78 is 17.2. The van der Waals surface area contributed by atoms with Gasteiger partial charge in [0.05, 0.1) is 43.5 Å². The zero-order valence-electron chi connectivity index (χ0n) is 16.8. The van der Waals surface area contributed by atoms with E-state index in [4.69, 9.17) is 13.9 Å². The largest absolute Gasteiger partial charge is 0.472 e. The quantitative estimate of drug-likeness (QED) is 0.574. The molecule has 2 aromatic heterocycles. The second kappa shape index (κ2) is 8.15. The number of ether oxygens (including phenoxy) is 2. The van der Waals surface area contributed by atoms with E-state index in [1.54, 1.807) is 24.7 Å². The van der Waals surface area contributed by atoms with Crippen molar-refractivity contribution in [3.63, 3.8) is 0 Å². The molecule has 0 amide bonds. The highest BCUT2D eigenvalue weighted by atomic mass is 16.5. The summed E-state index contributed by atoms with van der Waals surface area (Å²) in [7, 11) is 2.75. The van der Waals surface area contributed by atoms with Crippen LogP contribution in [0, 0.1) is 0 Å². The van der Waals surface area contributed by atoms with E-state index in [2.05, 4.69) is 0 Å². The Kier molecular flexibility index (Phi) is 5.43. The van der Waals surface area contributed by atoms with Gasteiger partial charge in [-0.3, -0.25) is 4.79 Å². The maximum Gasteiger partial charge on any atom is 0.337 e. The molecule has 1 aliphatic rings. The topological polar surface area (TPSA) is 70.7 Å². The van der Waals surface area contributed by atoms with Gasteiger partial charge < -0.3 is 18.5 Å². The lowest BCUT2D eigenvalue weighted by molar-refractivity contribution is -0.141. The molecule has 6 heteroatoms. The second-order valence-electron chi connectivity index (χ2n) is 7.50. The number of fused-ring (bicyclic) bond motifs is 1. The molecule has 1 fully saturated rings. The molecule has 0 bridgehead atoms. The number of hydrogen-bond donors (Lipinski definition) is 0. The highest BCUT2D eigenvalue weighted by Crippen LogP contribution is 2.44. The predicted molar refractivity (Wildman–Crippen MR) is 109 cm³/mol. The Balaban J connectivity index is 2.00. The lowest BCUT2D eigenvalue weighted by Gasteiger charge is -2.23. The Morgan fingerprint density at radius 3 is 2.55 bits per heavy atom. The minimum Gasteiger partial charge on any atom is -0.472 e. The number of furan rings is 1. The van der Waals surface area contributed by atoms with Crippen molar-refractivity contribution in [2.45, 2.75) is 44.6 Å². The molecule has 29 heavy (non-hydrogen) atoms. The van der Waals surface area contributed by atoms with Crippen LogP contribution in [0.15, 0.2) is 41.2 Å². The zero-order valence-corrected chi connectivity index (χ0v) is 16.8. The molecular formula is C23H25NO5. The Labute approximate surface area is 169 Å². The Hall–Kier alpha value is -3.02. The van der Waals surface area contributed by atoms with Crippen molar-refractivity contribution in [2.75, 3.05) is 14.2 Å². The summed E-state index contributed by atoms with van der Waals surface area (Å²) >= 11 is 0. The fraction of sp³-hybridized carbons (Fsp3) is 0.391. The van der Waals surface area contributed by atoms with Crippen LogP contribution in [0.5, 0.6) is 0 Å². The fourth-order valence-electron chi connectivity index (χ4n) is 4.49. The van der Waals surface area contributed by atoms with Crippen LogP contribution in [0.25, 0.3) is 22.2 Å². The van der Waals surface area contributed by atoms with Crippen LogP contribution in [0.3, 0.4) is 0 Å². The number of rotatable bonds is 5. The lowest BCUT2D eigenvalue weighted by Crippen LogP contribution is -2.13. The molecule has 0 aliphatic heterocycles. The van der Waals surface area contributed by atoms with Crippen molar-refractivity contribution >= 4 is 22.8 Å². The van der Waals surface area contributed by atoms with Crippen LogP contribution in [-0.4, -0.2) is 30.7 Å². The van der Waals surface area contributed by atoms with Gasteiger partial charge >= 0.3 is 11.9 Å². The summed E-state index contributed by atoms with van der Waals surface area (Å²) in [5.74, 6) is -0.342. The molecule has 152 valence electrons. The summed E-state index contributed by atoms with van der Waals surface area (Å²) in [6.07, 6.45) is 9.21. The summed E-state index contributed by atoms with van der Waals surface area (Å²) in [4.78, 5) is 24.4. The maximum atomic E-state index is 12.2. The third kappa shape index (κ3) is 3.55. The van der Waals surface area contributed by atoms with Gasteiger partial charge in [0.1, 0.15) is 6.54 Å². The number of esters is 2. The molecule has 4 rings (SSSR count). The van der Waals surface area contributed by atoms with E-state index in [-0.39, 0.29) is 12.5 Å². The molecule has 1 aliphatic carbocycles. The first-order valence-electron chi connectivity index (χ1n) is 9.98. The highest BCUT2D eigenvalue weighted by molar-refractivity contribution is 5.99. The van der Waals surface area contributed by atoms with E-state index in [1.807, 2.05) is 16.7 Å². The number of aromatic nitrogens is 1. The van der Waals surface area contributed by atoms with Gasteiger partial charge in [0.2, 0.25) is 0 Å². The van der Waals surface area contributed by atoms with Gasteiger partial charge in [0.25, 0.3) is 0 Å². The minimum atomic E-state index is -0.401. The van der Waals surface area contributed by atoms with Gasteiger partial charge in [-0.15, -0.1) is 0 Å². The van der Waals surface area contributed by atoms with Gasteiger partial charge in [0.15, 0.2) is 0 Å². The first kappa shape index (κ1) is 19.3. The van der Waals surface area contributed by atoms with Crippen molar-refractivity contribution in [3.8, 4) is 11.3 Å². The van der Waals surface area contributed by atoms with Gasteiger partial charge in [-0.25, -0.2) is 4.79 Å². The summed E-state index contributed by atoms with van der Waals surface area (Å²) in [6.45, 7) is 0.0604. The van der Waals surface area contributed by atoms with Crippen molar-refractivity contribution in [2.24, 2.45) is 0 Å². The van der Waals surface area contributed by atoms with E-state index < -0.39 is 5.97 Å². The second-order valence-corrected chi connectivity index (χ2v) is 7.50. The van der Waals surface area contributed by atoms with Crippen LogP contribution < -0.4 is 0 Å². The molecule has 0 N–H and O–H groups in total. The van der Waals surface area contributed by atoms with Crippen LogP contribution >= 0.6 is 0 Å². The van der Waals surface area contributed by atoms with Crippen molar-refractivity contribution in [1.29, 1.82) is 0 Å². The minimum absolute atomic E-state index is 0.0604. The smallest absolute Gasteiger partial charge is 0.337 e. The van der Waals surface area contributed by atoms with Crippen LogP contribution in [0.2, 0.25) is 0 Å². The molecule has 0 atom stereocenters. The number of hydrogen-bond acceptors (Lipinski definition) is 5. The summed E-state index contributed by atoms with van der Waals surface area (Å²) in [5.41, 5.74) is 4.40. The van der Waals surface area contributed by atoms with Gasteiger partial charge in [-0.1, -0.05) is 25.3 Å². The average Bonchev–Trinajstić information content (AvgIpc) is 3.39. The lowest BCUT2D eigenvalue weighted by atomic mass is 9.82. The van der Waals surface area contributed by atoms with Gasteiger partial charge in [-0.05, 0) is 42.5 Å². The summed E-state index contributed by atoms with van der Waals surface area (Å²) in [6, 6.07) is 7.49. The average molecular weight is 395 g/mol. The van der Waals surface area contributed by atoms with Crippen LogP contribution in [-0.2, 0) is 20.8 Å². The highest BCUT2D eigenvalue weighted by Gasteiger charge is 2.28. The van der Waals surface area contributed by atoms with E-state index in [0.29, 0.717) is 11.5 Å².